The zero-order chi connectivity index (χ0) is 54.3. The van der Waals surface area contributed by atoms with Crippen LogP contribution in [0.4, 0.5) is 4.79 Å². The summed E-state index contributed by atoms with van der Waals surface area (Å²) in [6.07, 6.45) is 29.3. The van der Waals surface area contributed by atoms with E-state index >= 15 is 0 Å². The highest BCUT2D eigenvalue weighted by Gasteiger charge is 2.57. The predicted molar refractivity (Wildman–Crippen MR) is 287 cm³/mol. The molecule has 0 aromatic heterocycles. The van der Waals surface area contributed by atoms with Crippen molar-refractivity contribution in [3.8, 4) is 0 Å². The van der Waals surface area contributed by atoms with Gasteiger partial charge in [0.25, 0.3) is 0 Å². The molecular weight excluding hydrogens is 961 g/mol. The van der Waals surface area contributed by atoms with E-state index in [1.165, 1.54) is 25.7 Å². The number of carbonyl (C=O) groups is 7. The Bertz CT molecular complexity index is 1630. The Kier molecular flexibility index (Phi) is 34.4. The van der Waals surface area contributed by atoms with Gasteiger partial charge in [0.15, 0.2) is 0 Å². The molecule has 75 heavy (non-hydrogen) atoms. The number of alkyl carbamates (subject to hydrolysis) is 1. The van der Waals surface area contributed by atoms with E-state index in [4.69, 9.17) is 33.2 Å². The number of esters is 6. The van der Waals surface area contributed by atoms with E-state index in [2.05, 4.69) is 43.1 Å². The SMILES string of the molecule is CCCCC/C=C\CCOC(=O)CCCCC(=O)OCC(COC(=O)CCCCC(=O)OCC/C=C\CCCCC)(COC(=O)CCC(CCCCCC)OC(=O)NCCN1CCCC1)COC(=O)CC12CC(C1)C2. The Balaban J connectivity index is 1.62. The van der Waals surface area contributed by atoms with Gasteiger partial charge in [0, 0.05) is 45.2 Å². The summed E-state index contributed by atoms with van der Waals surface area (Å²) in [6, 6.07) is 0. The van der Waals surface area contributed by atoms with E-state index in [1.54, 1.807) is 0 Å². The van der Waals surface area contributed by atoms with E-state index < -0.39 is 61.3 Å². The van der Waals surface area contributed by atoms with E-state index in [0.29, 0.717) is 70.6 Å². The van der Waals surface area contributed by atoms with E-state index in [-0.39, 0.29) is 68.9 Å². The van der Waals surface area contributed by atoms with Gasteiger partial charge in [-0.3, -0.25) is 28.8 Å². The van der Waals surface area contributed by atoms with Gasteiger partial charge in [0.2, 0.25) is 0 Å². The Hall–Kier alpha value is -4.47. The van der Waals surface area contributed by atoms with Crippen LogP contribution in [0.5, 0.6) is 0 Å². The molecule has 1 amide bonds. The third kappa shape index (κ3) is 30.8. The number of hydrogen-bond donors (Lipinski definition) is 1. The van der Waals surface area contributed by atoms with Crippen molar-refractivity contribution < 1.29 is 66.7 Å². The first-order chi connectivity index (χ1) is 36.4. The van der Waals surface area contributed by atoms with Gasteiger partial charge in [0.05, 0.1) is 19.6 Å². The second-order valence-corrected chi connectivity index (χ2v) is 21.6. The molecule has 4 aliphatic rings. The fourth-order valence-corrected chi connectivity index (χ4v) is 9.69. The maximum atomic E-state index is 13.6. The summed E-state index contributed by atoms with van der Waals surface area (Å²) in [5.41, 5.74) is -1.52. The van der Waals surface area contributed by atoms with Crippen molar-refractivity contribution in [2.75, 3.05) is 65.8 Å². The van der Waals surface area contributed by atoms with Crippen LogP contribution >= 0.6 is 0 Å². The van der Waals surface area contributed by atoms with Crippen molar-refractivity contribution in [1.29, 1.82) is 0 Å². The Morgan fingerprint density at radius 3 is 1.43 bits per heavy atom. The van der Waals surface area contributed by atoms with Crippen LogP contribution in [-0.4, -0.2) is 119 Å². The second-order valence-electron chi connectivity index (χ2n) is 21.6. The zero-order valence-corrected chi connectivity index (χ0v) is 46.6. The standard InChI is InChI=1S/C59H98N2O14/c1-4-7-10-13-15-17-26-39-69-51(62)29-20-22-31-53(64)71-45-59(48-74-56(67)44-58-41-49(42-58)43-58,46-72-54(65)32-23-21-30-52(63)70-40-27-18-16-14-11-8-5-2)47-73-55(66)34-33-50(28-19-12-9-6-3)75-57(68)60-35-38-61-36-24-25-37-61/h15-18,49-50H,4-14,19-48H2,1-3H3,(H,60,68)/b17-15-,18-16-. The van der Waals surface area contributed by atoms with Gasteiger partial charge in [-0.15, -0.1) is 0 Å². The van der Waals surface area contributed by atoms with Crippen LogP contribution in [0.2, 0.25) is 0 Å². The molecule has 4 rings (SSSR count). The lowest BCUT2D eigenvalue weighted by molar-refractivity contribution is -0.178. The van der Waals surface area contributed by atoms with Gasteiger partial charge >= 0.3 is 41.9 Å². The molecule has 1 heterocycles. The summed E-state index contributed by atoms with van der Waals surface area (Å²) in [6.45, 7) is 8.70. The first-order valence-corrected chi connectivity index (χ1v) is 29.3. The van der Waals surface area contributed by atoms with Gasteiger partial charge in [-0.1, -0.05) is 90.0 Å². The Morgan fingerprint density at radius 1 is 0.520 bits per heavy atom. The van der Waals surface area contributed by atoms with Crippen LogP contribution in [0, 0.1) is 16.7 Å². The molecule has 16 nitrogen and oxygen atoms in total. The fraction of sp³-hybridized carbons (Fsp3) is 0.814. The minimum Gasteiger partial charge on any atom is -0.465 e. The lowest BCUT2D eigenvalue weighted by atomic mass is 9.43. The predicted octanol–water partition coefficient (Wildman–Crippen LogP) is 11.5. The van der Waals surface area contributed by atoms with Gasteiger partial charge in [0.1, 0.15) is 37.9 Å². The molecule has 3 saturated carbocycles. The van der Waals surface area contributed by atoms with Gasteiger partial charge in [-0.2, -0.15) is 0 Å². The van der Waals surface area contributed by atoms with Crippen LogP contribution in [0.25, 0.3) is 0 Å². The molecule has 0 aromatic rings. The second kappa shape index (κ2) is 39.8. The normalized spacial score (nSPS) is 17.5. The topological polar surface area (TPSA) is 199 Å². The zero-order valence-electron chi connectivity index (χ0n) is 46.6. The highest BCUT2D eigenvalue weighted by molar-refractivity contribution is 5.73. The maximum absolute atomic E-state index is 13.6. The Labute approximate surface area is 450 Å². The van der Waals surface area contributed by atoms with Crippen molar-refractivity contribution in [3.63, 3.8) is 0 Å². The summed E-state index contributed by atoms with van der Waals surface area (Å²) in [5, 5.41) is 2.85. The molecule has 0 radical (unpaired) electrons. The third-order valence-electron chi connectivity index (χ3n) is 14.5. The van der Waals surface area contributed by atoms with Gasteiger partial charge < -0.3 is 43.4 Å². The molecule has 1 saturated heterocycles. The highest BCUT2D eigenvalue weighted by atomic mass is 16.6. The van der Waals surface area contributed by atoms with Crippen LogP contribution in [0.15, 0.2) is 24.3 Å². The third-order valence-corrected chi connectivity index (χ3v) is 14.5. The number of amides is 1. The highest BCUT2D eigenvalue weighted by Crippen LogP contribution is 2.66. The molecule has 2 bridgehead atoms. The first kappa shape index (κ1) is 64.8. The molecule has 16 heteroatoms. The first-order valence-electron chi connectivity index (χ1n) is 29.3. The summed E-state index contributed by atoms with van der Waals surface area (Å²) in [4.78, 5) is 93.4. The molecule has 428 valence electrons. The molecule has 3 aliphatic carbocycles. The molecule has 4 fully saturated rings. The summed E-state index contributed by atoms with van der Waals surface area (Å²) >= 11 is 0. The Morgan fingerprint density at radius 2 is 0.960 bits per heavy atom. The van der Waals surface area contributed by atoms with Crippen molar-refractivity contribution in [3.05, 3.63) is 24.3 Å². The van der Waals surface area contributed by atoms with Crippen LogP contribution in [0.3, 0.4) is 0 Å². The number of nitrogens with zero attached hydrogens (tertiary/aromatic N) is 1. The number of ether oxygens (including phenoxy) is 7. The number of hydrogen-bond acceptors (Lipinski definition) is 15. The molecule has 1 aliphatic heterocycles. The number of likely N-dealkylation sites (tertiary alicyclic amines) is 1. The number of carbonyl (C=O) groups excluding carboxylic acids is 7. The molecule has 1 unspecified atom stereocenters. The minimum atomic E-state index is -1.47. The van der Waals surface area contributed by atoms with Crippen LogP contribution in [0.1, 0.15) is 220 Å². The van der Waals surface area contributed by atoms with Gasteiger partial charge in [-0.05, 0) is 140 Å². The molecule has 0 aromatic carbocycles. The van der Waals surface area contributed by atoms with Crippen molar-refractivity contribution >= 4 is 41.9 Å². The maximum Gasteiger partial charge on any atom is 0.407 e. The smallest absolute Gasteiger partial charge is 0.407 e. The molecule has 1 atom stereocenters. The number of unbranched alkanes of at least 4 members (excludes halogenated alkanes) is 11. The quantitative estimate of drug-likeness (QED) is 0.0261. The number of allylic oxidation sites excluding steroid dienone is 2. The lowest BCUT2D eigenvalue weighted by Gasteiger charge is -2.61. The molecule has 0 spiro atoms. The summed E-state index contributed by atoms with van der Waals surface area (Å²) < 4.78 is 39.8. The average Bonchev–Trinajstić information content (AvgIpc) is 3.90. The minimum absolute atomic E-state index is 0.0173. The summed E-state index contributed by atoms with van der Waals surface area (Å²) in [7, 11) is 0. The number of nitrogens with one attached hydrogen (secondary N) is 1. The average molecular weight is 1060 g/mol. The van der Waals surface area contributed by atoms with E-state index in [0.717, 1.165) is 103 Å². The largest absolute Gasteiger partial charge is 0.465 e. The van der Waals surface area contributed by atoms with E-state index in [9.17, 15) is 33.6 Å². The van der Waals surface area contributed by atoms with Gasteiger partial charge in [-0.25, -0.2) is 4.79 Å². The fourth-order valence-electron chi connectivity index (χ4n) is 9.69. The van der Waals surface area contributed by atoms with E-state index in [1.807, 2.05) is 12.2 Å². The summed E-state index contributed by atoms with van der Waals surface area (Å²) in [5.74, 6) is -2.25. The molecular formula is C59H98N2O14. The van der Waals surface area contributed by atoms with Crippen LogP contribution < -0.4 is 5.32 Å². The monoisotopic (exact) mass is 1060 g/mol. The van der Waals surface area contributed by atoms with Crippen LogP contribution in [-0.2, 0) is 61.9 Å². The number of rotatable bonds is 46. The van der Waals surface area contributed by atoms with Crippen molar-refractivity contribution in [2.45, 2.75) is 226 Å². The van der Waals surface area contributed by atoms with Crippen molar-refractivity contribution in [2.24, 2.45) is 16.7 Å². The molecule has 1 N–H and O–H groups in total. The van der Waals surface area contributed by atoms with Crippen molar-refractivity contribution in [1.82, 2.24) is 10.2 Å². The lowest BCUT2D eigenvalue weighted by Crippen LogP contribution is -2.53.